The van der Waals surface area contributed by atoms with Crippen LogP contribution in [0.1, 0.15) is 50.1 Å². The van der Waals surface area contributed by atoms with Crippen LogP contribution in [-0.4, -0.2) is 55.5 Å². The average molecular weight is 579 g/mol. The van der Waals surface area contributed by atoms with E-state index in [-0.39, 0.29) is 24.5 Å². The van der Waals surface area contributed by atoms with Gasteiger partial charge < -0.3 is 4.90 Å². The highest BCUT2D eigenvalue weighted by atomic mass is 32.2. The highest BCUT2D eigenvalue weighted by Gasteiger charge is 2.48. The SMILES string of the molecule is N#CC1(CC(=O)[C@@H]2C[C@@H](F)CC[C@H]2c2nn(-c3ccc(F)cn3)cc2-c2ccc(N3CCS(=N)(=O)CC3)cc2)CC1. The lowest BCUT2D eigenvalue weighted by Crippen LogP contribution is -2.39. The molecule has 0 radical (unpaired) electrons. The summed E-state index contributed by atoms with van der Waals surface area (Å²) in [4.78, 5) is 19.8. The number of aromatic nitrogens is 3. The van der Waals surface area contributed by atoms with E-state index in [0.717, 1.165) is 23.0 Å². The third kappa shape index (κ3) is 5.75. The molecule has 1 aromatic carbocycles. The monoisotopic (exact) mass is 578 g/mol. The lowest BCUT2D eigenvalue weighted by molar-refractivity contribution is -0.126. The molecule has 1 N–H and O–H groups in total. The minimum absolute atomic E-state index is 0.0803. The lowest BCUT2D eigenvalue weighted by atomic mass is 9.72. The van der Waals surface area contributed by atoms with Crippen LogP contribution in [0.15, 0.2) is 48.8 Å². The van der Waals surface area contributed by atoms with Crippen LogP contribution in [0.4, 0.5) is 14.5 Å². The summed E-state index contributed by atoms with van der Waals surface area (Å²) in [6, 6.07) is 13.0. The third-order valence-electron chi connectivity index (χ3n) is 8.77. The lowest BCUT2D eigenvalue weighted by Gasteiger charge is -2.32. The number of nitriles is 1. The molecular formula is C30H32F2N6O2S. The molecule has 6 rings (SSSR count). The highest BCUT2D eigenvalue weighted by Crippen LogP contribution is 2.51. The van der Waals surface area contributed by atoms with Crippen molar-refractivity contribution in [3.05, 3.63) is 60.3 Å². The van der Waals surface area contributed by atoms with Gasteiger partial charge in [0.1, 0.15) is 17.8 Å². The number of nitrogens with one attached hydrogen (secondary N) is 1. The van der Waals surface area contributed by atoms with Crippen molar-refractivity contribution in [1.82, 2.24) is 14.8 Å². The summed E-state index contributed by atoms with van der Waals surface area (Å²) >= 11 is 0. The molecule has 2 aromatic heterocycles. The molecule has 3 aliphatic rings. The maximum Gasteiger partial charge on any atom is 0.153 e. The van der Waals surface area contributed by atoms with Crippen LogP contribution in [0.2, 0.25) is 0 Å². The Morgan fingerprint density at radius 2 is 1.88 bits per heavy atom. The third-order valence-corrected chi connectivity index (χ3v) is 10.5. The molecule has 41 heavy (non-hydrogen) atoms. The van der Waals surface area contributed by atoms with Gasteiger partial charge in [0.25, 0.3) is 0 Å². The molecule has 11 heteroatoms. The standard InChI is InChI=1S/C30H32F2N6O2S/c31-21-3-7-24(25(15-21)27(39)16-30(19-33)9-10-30)29-26(18-38(36-29)28-8-4-22(32)17-35-28)20-1-5-23(6-2-20)37-11-13-41(34,40)14-12-37/h1-2,4-6,8,17-18,21,24-25,34H,3,7,9-16H2/t21-,24+,25+/m0/s1. The van der Waals surface area contributed by atoms with Crippen molar-refractivity contribution in [2.24, 2.45) is 11.3 Å². The molecule has 2 saturated carbocycles. The smallest absolute Gasteiger partial charge is 0.153 e. The van der Waals surface area contributed by atoms with Crippen molar-refractivity contribution in [1.29, 1.82) is 10.0 Å². The van der Waals surface area contributed by atoms with Crippen molar-refractivity contribution in [3.8, 4) is 23.0 Å². The van der Waals surface area contributed by atoms with Gasteiger partial charge in [0.15, 0.2) is 5.82 Å². The van der Waals surface area contributed by atoms with Crippen LogP contribution < -0.4 is 4.90 Å². The molecular weight excluding hydrogens is 546 g/mol. The summed E-state index contributed by atoms with van der Waals surface area (Å²) in [6.45, 7) is 1.11. The van der Waals surface area contributed by atoms with Crippen molar-refractivity contribution in [3.63, 3.8) is 0 Å². The first-order valence-corrected chi connectivity index (χ1v) is 15.9. The van der Waals surface area contributed by atoms with Gasteiger partial charge in [0.05, 0.1) is 23.4 Å². The van der Waals surface area contributed by atoms with Gasteiger partial charge in [-0.1, -0.05) is 12.1 Å². The largest absolute Gasteiger partial charge is 0.370 e. The summed E-state index contributed by atoms with van der Waals surface area (Å²) in [5, 5.41) is 14.4. The normalized spacial score (nSPS) is 24.9. The first-order chi connectivity index (χ1) is 19.7. The van der Waals surface area contributed by atoms with Gasteiger partial charge in [0.2, 0.25) is 0 Å². The van der Waals surface area contributed by atoms with E-state index in [4.69, 9.17) is 9.88 Å². The van der Waals surface area contributed by atoms with E-state index in [9.17, 15) is 23.0 Å². The fourth-order valence-electron chi connectivity index (χ4n) is 6.09. The number of Topliss-reactive ketones (excluding diaryl/α,β-unsaturated/α-hetero) is 1. The van der Waals surface area contributed by atoms with Gasteiger partial charge in [-0.3, -0.25) is 9.57 Å². The van der Waals surface area contributed by atoms with Crippen LogP contribution >= 0.6 is 0 Å². The van der Waals surface area contributed by atoms with Crippen molar-refractivity contribution >= 4 is 21.2 Å². The molecule has 214 valence electrons. The fraction of sp³-hybridized carbons (Fsp3) is 0.467. The first-order valence-electron chi connectivity index (χ1n) is 14.0. The summed E-state index contributed by atoms with van der Waals surface area (Å²) in [5.74, 6) is -0.344. The Morgan fingerprint density at radius 3 is 2.51 bits per heavy atom. The van der Waals surface area contributed by atoms with Crippen molar-refractivity contribution < 1.29 is 17.8 Å². The van der Waals surface area contributed by atoms with Crippen molar-refractivity contribution in [2.75, 3.05) is 29.5 Å². The number of rotatable bonds is 7. The van der Waals surface area contributed by atoms with E-state index in [1.54, 1.807) is 4.68 Å². The van der Waals surface area contributed by atoms with E-state index in [0.29, 0.717) is 61.8 Å². The maximum atomic E-state index is 14.7. The highest BCUT2D eigenvalue weighted by molar-refractivity contribution is 7.92. The number of nitrogens with zero attached hydrogens (tertiary/aromatic N) is 5. The van der Waals surface area contributed by atoms with Gasteiger partial charge in [-0.25, -0.2) is 22.7 Å². The van der Waals surface area contributed by atoms with Crippen LogP contribution in [0.3, 0.4) is 0 Å². The van der Waals surface area contributed by atoms with E-state index < -0.39 is 33.1 Å². The van der Waals surface area contributed by atoms with Gasteiger partial charge in [-0.2, -0.15) is 10.4 Å². The average Bonchev–Trinajstić information content (AvgIpc) is 3.60. The van der Waals surface area contributed by atoms with Crippen LogP contribution in [0.25, 0.3) is 16.9 Å². The van der Waals surface area contributed by atoms with Crippen molar-refractivity contribution in [2.45, 2.75) is 50.6 Å². The number of alkyl halides is 1. The predicted molar refractivity (Wildman–Crippen MR) is 151 cm³/mol. The van der Waals surface area contributed by atoms with Gasteiger partial charge in [-0.15, -0.1) is 0 Å². The summed E-state index contributed by atoms with van der Waals surface area (Å²) < 4.78 is 49.8. The number of ketones is 1. The molecule has 0 bridgehead atoms. The molecule has 3 aromatic rings. The molecule has 0 unspecified atom stereocenters. The Bertz CT molecular complexity index is 1580. The summed E-state index contributed by atoms with van der Waals surface area (Å²) in [6.07, 6.45) is 4.29. The van der Waals surface area contributed by atoms with E-state index in [1.807, 2.05) is 30.5 Å². The molecule has 3 heterocycles. The Balaban J connectivity index is 1.36. The second-order valence-electron chi connectivity index (χ2n) is 11.6. The molecule has 1 aliphatic heterocycles. The second kappa shape index (κ2) is 10.6. The fourth-order valence-corrected chi connectivity index (χ4v) is 7.32. The number of anilines is 1. The second-order valence-corrected chi connectivity index (χ2v) is 14.1. The number of hydrogen-bond donors (Lipinski definition) is 1. The molecule has 8 nitrogen and oxygen atoms in total. The zero-order valence-electron chi connectivity index (χ0n) is 22.6. The first kappa shape index (κ1) is 27.5. The molecule has 2 aliphatic carbocycles. The topological polar surface area (TPSA) is 116 Å². The number of benzene rings is 1. The maximum absolute atomic E-state index is 14.7. The number of carbonyl (C=O) groups excluding carboxylic acids is 1. The minimum atomic E-state index is -2.50. The molecule has 0 amide bonds. The molecule has 1 saturated heterocycles. The molecule has 3 atom stereocenters. The van der Waals surface area contributed by atoms with Crippen LogP contribution in [0.5, 0.6) is 0 Å². The van der Waals surface area contributed by atoms with E-state index in [2.05, 4.69) is 16.0 Å². The van der Waals surface area contributed by atoms with E-state index >= 15 is 0 Å². The predicted octanol–water partition coefficient (Wildman–Crippen LogP) is 5.42. The Labute approximate surface area is 238 Å². The van der Waals surface area contributed by atoms with E-state index in [1.165, 1.54) is 12.1 Å². The Hall–Kier alpha value is -3.65. The molecule has 3 fully saturated rings. The zero-order chi connectivity index (χ0) is 28.8. The summed E-state index contributed by atoms with van der Waals surface area (Å²) in [5.41, 5.74) is 2.68. The Morgan fingerprint density at radius 1 is 1.15 bits per heavy atom. The minimum Gasteiger partial charge on any atom is -0.370 e. The van der Waals surface area contributed by atoms with Gasteiger partial charge >= 0.3 is 0 Å². The van der Waals surface area contributed by atoms with Crippen LogP contribution in [-0.2, 0) is 14.5 Å². The van der Waals surface area contributed by atoms with Gasteiger partial charge in [0, 0.05) is 70.0 Å². The number of hydrogen-bond acceptors (Lipinski definition) is 7. The zero-order valence-corrected chi connectivity index (χ0v) is 23.5. The summed E-state index contributed by atoms with van der Waals surface area (Å²) in [7, 11) is -2.50. The number of carbonyl (C=O) groups is 1. The Kier molecular flexibility index (Phi) is 7.14. The molecule has 0 spiro atoms. The number of pyridine rings is 1. The number of halogens is 2. The quantitative estimate of drug-likeness (QED) is 0.400. The van der Waals surface area contributed by atoms with Crippen LogP contribution in [0, 0.1) is 33.3 Å². The van der Waals surface area contributed by atoms with Gasteiger partial charge in [-0.05, 0) is 61.9 Å².